The smallest absolute Gasteiger partial charge is 0.343 e. The van der Waals surface area contributed by atoms with E-state index in [1.54, 1.807) is 18.2 Å². The zero-order chi connectivity index (χ0) is 21.6. The topological polar surface area (TPSA) is 127 Å². The van der Waals surface area contributed by atoms with E-state index in [1.165, 1.54) is 4.57 Å². The van der Waals surface area contributed by atoms with Gasteiger partial charge in [0.1, 0.15) is 0 Å². The molecule has 1 aromatic heterocycles. The molecule has 10 nitrogen and oxygen atoms in total. The van der Waals surface area contributed by atoms with Gasteiger partial charge in [-0.3, -0.25) is 14.7 Å². The standard InChI is InChI=1S/C20H19N5O5S/c26-17(22-18(27)21-14-6-7-15-16(10-14)30-12-29-15)11-31-20-24-23-19(28)25(20)9-8-13-4-2-1-3-5-13/h1-7,10H,8-9,11-12H2,(H,23,28)(H2,21,22,26,27). The molecule has 1 aliphatic rings. The Labute approximate surface area is 180 Å². The summed E-state index contributed by atoms with van der Waals surface area (Å²) in [6, 6.07) is 14.0. The Hall–Kier alpha value is -3.73. The van der Waals surface area contributed by atoms with Gasteiger partial charge in [-0.25, -0.2) is 14.7 Å². The number of hydrogen-bond acceptors (Lipinski definition) is 7. The lowest BCUT2D eigenvalue weighted by molar-refractivity contribution is -0.117. The zero-order valence-electron chi connectivity index (χ0n) is 16.3. The molecule has 1 aliphatic heterocycles. The molecule has 0 atom stereocenters. The van der Waals surface area contributed by atoms with E-state index in [2.05, 4.69) is 20.8 Å². The Balaban J connectivity index is 1.28. The van der Waals surface area contributed by atoms with E-state index in [9.17, 15) is 14.4 Å². The Morgan fingerprint density at radius 1 is 1.13 bits per heavy atom. The van der Waals surface area contributed by atoms with E-state index in [-0.39, 0.29) is 18.2 Å². The summed E-state index contributed by atoms with van der Waals surface area (Å²) in [5.74, 6) is 0.514. The van der Waals surface area contributed by atoms with Crippen molar-refractivity contribution in [3.05, 3.63) is 64.6 Å². The largest absolute Gasteiger partial charge is 0.454 e. The summed E-state index contributed by atoms with van der Waals surface area (Å²) >= 11 is 1.07. The molecule has 0 bridgehead atoms. The van der Waals surface area contributed by atoms with Crippen LogP contribution in [-0.4, -0.2) is 39.2 Å². The highest BCUT2D eigenvalue weighted by atomic mass is 32.2. The second-order valence-corrected chi connectivity index (χ2v) is 7.50. The molecule has 160 valence electrons. The number of nitrogens with zero attached hydrogens (tertiary/aromatic N) is 2. The lowest BCUT2D eigenvalue weighted by atomic mass is 10.1. The van der Waals surface area contributed by atoms with Crippen LogP contribution in [0.3, 0.4) is 0 Å². The van der Waals surface area contributed by atoms with E-state index in [4.69, 9.17) is 9.47 Å². The zero-order valence-corrected chi connectivity index (χ0v) is 17.1. The van der Waals surface area contributed by atoms with E-state index >= 15 is 0 Å². The number of anilines is 1. The van der Waals surface area contributed by atoms with Gasteiger partial charge < -0.3 is 14.8 Å². The molecule has 4 rings (SSSR count). The number of benzene rings is 2. The summed E-state index contributed by atoms with van der Waals surface area (Å²) in [5, 5.41) is 11.5. The molecular weight excluding hydrogens is 422 g/mol. The third kappa shape index (κ3) is 5.25. The number of fused-ring (bicyclic) bond motifs is 1. The van der Waals surface area contributed by atoms with Crippen molar-refractivity contribution in [2.75, 3.05) is 17.9 Å². The van der Waals surface area contributed by atoms with Crippen molar-refractivity contribution in [3.8, 4) is 11.5 Å². The third-order valence-electron chi connectivity index (χ3n) is 4.41. The van der Waals surface area contributed by atoms with Crippen molar-refractivity contribution in [2.45, 2.75) is 18.1 Å². The number of aryl methyl sites for hydroxylation is 1. The number of carbonyl (C=O) groups is 2. The van der Waals surface area contributed by atoms with Crippen molar-refractivity contribution in [1.29, 1.82) is 0 Å². The molecule has 3 N–H and O–H groups in total. The number of carbonyl (C=O) groups excluding carboxylic acids is 2. The summed E-state index contributed by atoms with van der Waals surface area (Å²) in [7, 11) is 0. The lowest BCUT2D eigenvalue weighted by Crippen LogP contribution is -2.35. The van der Waals surface area contributed by atoms with Gasteiger partial charge in [0.05, 0.1) is 5.75 Å². The maximum absolute atomic E-state index is 12.1. The van der Waals surface area contributed by atoms with Crippen molar-refractivity contribution in [3.63, 3.8) is 0 Å². The molecule has 2 heterocycles. The van der Waals surface area contributed by atoms with Gasteiger partial charge in [0.15, 0.2) is 16.7 Å². The number of imide groups is 1. The minimum atomic E-state index is -0.673. The quantitative estimate of drug-likeness (QED) is 0.479. The number of amides is 3. The van der Waals surface area contributed by atoms with Gasteiger partial charge in [0, 0.05) is 18.3 Å². The monoisotopic (exact) mass is 441 g/mol. The lowest BCUT2D eigenvalue weighted by Gasteiger charge is -2.08. The van der Waals surface area contributed by atoms with Crippen LogP contribution in [0.4, 0.5) is 10.5 Å². The summed E-state index contributed by atoms with van der Waals surface area (Å²) < 4.78 is 11.9. The van der Waals surface area contributed by atoms with Gasteiger partial charge in [-0.2, -0.15) is 0 Å². The number of thioether (sulfide) groups is 1. The average molecular weight is 441 g/mol. The summed E-state index contributed by atoms with van der Waals surface area (Å²) in [6.45, 7) is 0.554. The van der Waals surface area contributed by atoms with Gasteiger partial charge in [0.25, 0.3) is 0 Å². The molecule has 0 spiro atoms. The number of aromatic amines is 1. The molecule has 31 heavy (non-hydrogen) atoms. The predicted molar refractivity (Wildman–Crippen MR) is 113 cm³/mol. The number of aromatic nitrogens is 3. The number of H-pyrrole nitrogens is 1. The third-order valence-corrected chi connectivity index (χ3v) is 5.38. The Bertz CT molecular complexity index is 1140. The van der Waals surface area contributed by atoms with Crippen LogP contribution in [0.15, 0.2) is 58.5 Å². The van der Waals surface area contributed by atoms with E-state index < -0.39 is 11.9 Å². The average Bonchev–Trinajstić information content (AvgIpc) is 3.37. The minimum Gasteiger partial charge on any atom is -0.454 e. The highest BCUT2D eigenvalue weighted by Crippen LogP contribution is 2.34. The van der Waals surface area contributed by atoms with Crippen LogP contribution >= 0.6 is 11.8 Å². The van der Waals surface area contributed by atoms with Crippen molar-refractivity contribution in [1.82, 2.24) is 20.1 Å². The van der Waals surface area contributed by atoms with Crippen LogP contribution in [-0.2, 0) is 17.8 Å². The summed E-state index contributed by atoms with van der Waals surface area (Å²) in [4.78, 5) is 36.2. The molecule has 0 fully saturated rings. The number of urea groups is 1. The molecule has 0 saturated carbocycles. The first-order chi connectivity index (χ1) is 15.1. The number of nitrogens with one attached hydrogen (secondary N) is 3. The first-order valence-corrected chi connectivity index (χ1v) is 10.4. The van der Waals surface area contributed by atoms with Gasteiger partial charge in [-0.1, -0.05) is 42.1 Å². The molecule has 3 amide bonds. The minimum absolute atomic E-state index is 0.0792. The van der Waals surface area contributed by atoms with Crippen LogP contribution in [0, 0.1) is 0 Å². The number of ether oxygens (including phenoxy) is 2. The Kier molecular flexibility index (Phi) is 6.22. The van der Waals surface area contributed by atoms with Gasteiger partial charge in [0.2, 0.25) is 12.7 Å². The van der Waals surface area contributed by atoms with E-state index in [0.717, 1.165) is 17.3 Å². The molecule has 0 radical (unpaired) electrons. The molecule has 0 saturated heterocycles. The fourth-order valence-corrected chi connectivity index (χ4v) is 3.70. The van der Waals surface area contributed by atoms with Crippen LogP contribution in [0.2, 0.25) is 0 Å². The first kappa shape index (κ1) is 20.5. The van der Waals surface area contributed by atoms with Gasteiger partial charge in [-0.15, -0.1) is 5.10 Å². The fraction of sp³-hybridized carbons (Fsp3) is 0.200. The van der Waals surface area contributed by atoms with E-state index in [0.29, 0.717) is 35.3 Å². The van der Waals surface area contributed by atoms with Crippen LogP contribution in [0.25, 0.3) is 0 Å². The molecule has 3 aromatic rings. The molecular formula is C20H19N5O5S. The van der Waals surface area contributed by atoms with Crippen molar-refractivity contribution < 1.29 is 19.1 Å². The summed E-state index contributed by atoms with van der Waals surface area (Å²) in [5.41, 5.74) is 1.20. The van der Waals surface area contributed by atoms with Crippen LogP contribution in [0.5, 0.6) is 11.5 Å². The van der Waals surface area contributed by atoms with E-state index in [1.807, 2.05) is 30.3 Å². The first-order valence-electron chi connectivity index (χ1n) is 9.41. The highest BCUT2D eigenvalue weighted by molar-refractivity contribution is 7.99. The molecule has 0 aliphatic carbocycles. The van der Waals surface area contributed by atoms with Gasteiger partial charge >= 0.3 is 11.7 Å². The van der Waals surface area contributed by atoms with Gasteiger partial charge in [-0.05, 0) is 24.1 Å². The summed E-state index contributed by atoms with van der Waals surface area (Å²) in [6.07, 6.45) is 0.651. The van der Waals surface area contributed by atoms with Crippen molar-refractivity contribution in [2.24, 2.45) is 0 Å². The molecule has 2 aromatic carbocycles. The Morgan fingerprint density at radius 2 is 1.94 bits per heavy atom. The SMILES string of the molecule is O=C(CSc1n[nH]c(=O)n1CCc1ccccc1)NC(=O)Nc1ccc2c(c1)OCO2. The maximum atomic E-state index is 12.1. The maximum Gasteiger partial charge on any atom is 0.343 e. The van der Waals surface area contributed by atoms with Crippen LogP contribution in [0.1, 0.15) is 5.56 Å². The predicted octanol–water partition coefficient (Wildman–Crippen LogP) is 1.98. The molecule has 0 unspecified atom stereocenters. The normalized spacial score (nSPS) is 11.9. The van der Waals surface area contributed by atoms with Crippen molar-refractivity contribution >= 4 is 29.4 Å². The Morgan fingerprint density at radius 3 is 2.77 bits per heavy atom. The number of hydrogen-bond donors (Lipinski definition) is 3. The highest BCUT2D eigenvalue weighted by Gasteiger charge is 2.16. The number of rotatable bonds is 7. The van der Waals surface area contributed by atoms with Crippen LogP contribution < -0.4 is 25.8 Å². The fourth-order valence-electron chi connectivity index (χ4n) is 2.93. The second kappa shape index (κ2) is 9.39. The second-order valence-electron chi connectivity index (χ2n) is 6.56. The molecule has 11 heteroatoms.